The van der Waals surface area contributed by atoms with Crippen molar-refractivity contribution >= 4 is 33.6 Å². The van der Waals surface area contributed by atoms with Crippen molar-refractivity contribution in [1.82, 2.24) is 4.98 Å². The Bertz CT molecular complexity index is 1020. The molecule has 6 heteroatoms. The second kappa shape index (κ2) is 5.08. The lowest BCUT2D eigenvalue weighted by Crippen LogP contribution is -2.02. The number of phenols is 1. The Balaban J connectivity index is 1.86. The quantitative estimate of drug-likeness (QED) is 0.556. The lowest BCUT2D eigenvalue weighted by molar-refractivity contribution is 0.473. The van der Waals surface area contributed by atoms with Crippen LogP contribution in [-0.2, 0) is 0 Å². The molecule has 108 valence electrons. The molecule has 0 aliphatic rings. The van der Waals surface area contributed by atoms with E-state index in [0.717, 1.165) is 16.0 Å². The van der Waals surface area contributed by atoms with Crippen LogP contribution in [0.25, 0.3) is 32.1 Å². The van der Waals surface area contributed by atoms with E-state index in [4.69, 9.17) is 4.42 Å². The second-order valence-electron chi connectivity index (χ2n) is 4.68. The summed E-state index contributed by atoms with van der Waals surface area (Å²) in [7, 11) is 0. The Hall–Kier alpha value is -2.44. The van der Waals surface area contributed by atoms with Gasteiger partial charge in [-0.05, 0) is 29.6 Å². The van der Waals surface area contributed by atoms with Crippen LogP contribution in [0.3, 0.4) is 0 Å². The van der Waals surface area contributed by atoms with Gasteiger partial charge in [-0.15, -0.1) is 22.7 Å². The molecule has 0 spiro atoms. The SMILES string of the molecule is O=c1oc2cc(O)ccc2cc1-c1nc(-c2cccs2)cs1. The Morgan fingerprint density at radius 2 is 2.05 bits per heavy atom. The summed E-state index contributed by atoms with van der Waals surface area (Å²) in [4.78, 5) is 17.8. The molecule has 0 aliphatic carbocycles. The minimum atomic E-state index is -0.454. The summed E-state index contributed by atoms with van der Waals surface area (Å²) in [5, 5.41) is 14.8. The smallest absolute Gasteiger partial charge is 0.346 e. The van der Waals surface area contributed by atoms with Gasteiger partial charge < -0.3 is 9.52 Å². The molecule has 0 amide bonds. The van der Waals surface area contributed by atoms with Crippen molar-refractivity contribution in [3.8, 4) is 26.9 Å². The summed E-state index contributed by atoms with van der Waals surface area (Å²) in [5.74, 6) is 0.0673. The molecule has 3 aromatic heterocycles. The van der Waals surface area contributed by atoms with Crippen LogP contribution in [0.15, 0.2) is 56.4 Å². The Morgan fingerprint density at radius 1 is 1.14 bits per heavy atom. The zero-order chi connectivity index (χ0) is 15.1. The average Bonchev–Trinajstić information content (AvgIpc) is 3.17. The van der Waals surface area contributed by atoms with Crippen LogP contribution in [-0.4, -0.2) is 10.1 Å². The molecule has 0 bridgehead atoms. The molecule has 0 saturated carbocycles. The number of aromatic hydroxyl groups is 1. The number of fused-ring (bicyclic) bond motifs is 1. The fourth-order valence-electron chi connectivity index (χ4n) is 2.18. The molecule has 1 N–H and O–H groups in total. The van der Waals surface area contributed by atoms with E-state index in [1.165, 1.54) is 17.4 Å². The molecule has 0 saturated heterocycles. The van der Waals surface area contributed by atoms with Crippen LogP contribution < -0.4 is 5.63 Å². The molecule has 0 radical (unpaired) electrons. The van der Waals surface area contributed by atoms with Gasteiger partial charge >= 0.3 is 5.63 Å². The predicted molar refractivity (Wildman–Crippen MR) is 88.6 cm³/mol. The molecule has 4 nitrogen and oxygen atoms in total. The molecule has 0 fully saturated rings. The summed E-state index contributed by atoms with van der Waals surface area (Å²) in [6.07, 6.45) is 0. The first kappa shape index (κ1) is 13.2. The van der Waals surface area contributed by atoms with Crippen molar-refractivity contribution in [2.75, 3.05) is 0 Å². The van der Waals surface area contributed by atoms with Gasteiger partial charge in [-0.3, -0.25) is 0 Å². The molecule has 0 unspecified atom stereocenters. The number of hydrogen-bond donors (Lipinski definition) is 1. The van der Waals surface area contributed by atoms with Gasteiger partial charge in [-0.25, -0.2) is 9.78 Å². The molecular formula is C16H9NO3S2. The molecular weight excluding hydrogens is 318 g/mol. The van der Waals surface area contributed by atoms with Crippen molar-refractivity contribution in [2.24, 2.45) is 0 Å². The first-order valence-corrected chi connectivity index (χ1v) is 8.23. The monoisotopic (exact) mass is 327 g/mol. The highest BCUT2D eigenvalue weighted by Crippen LogP contribution is 2.31. The van der Waals surface area contributed by atoms with E-state index in [-0.39, 0.29) is 5.75 Å². The highest BCUT2D eigenvalue weighted by Gasteiger charge is 2.13. The summed E-state index contributed by atoms with van der Waals surface area (Å²) < 4.78 is 5.28. The standard InChI is InChI=1S/C16H9NO3S2/c18-10-4-3-9-6-11(16(19)20-13(9)7-10)15-17-12(8-22-15)14-2-1-5-21-14/h1-8,18H. The van der Waals surface area contributed by atoms with Crippen molar-refractivity contribution in [2.45, 2.75) is 0 Å². The number of thiophene rings is 1. The van der Waals surface area contributed by atoms with Gasteiger partial charge in [0.15, 0.2) is 0 Å². The number of phenolic OH excluding ortho intramolecular Hbond substituents is 1. The number of aromatic nitrogens is 1. The lowest BCUT2D eigenvalue weighted by Gasteiger charge is -2.00. The van der Waals surface area contributed by atoms with E-state index in [1.54, 1.807) is 29.5 Å². The minimum absolute atomic E-state index is 0.0673. The number of hydrogen-bond acceptors (Lipinski definition) is 6. The maximum atomic E-state index is 12.2. The van der Waals surface area contributed by atoms with E-state index >= 15 is 0 Å². The normalized spacial score (nSPS) is 11.1. The third-order valence-corrected chi connectivity index (χ3v) is 5.00. The van der Waals surface area contributed by atoms with Crippen LogP contribution in [0, 0.1) is 0 Å². The van der Waals surface area contributed by atoms with Crippen LogP contribution >= 0.6 is 22.7 Å². The Kier molecular flexibility index (Phi) is 3.06. The Labute approximate surface area is 132 Å². The van der Waals surface area contributed by atoms with Crippen molar-refractivity contribution in [3.05, 3.63) is 57.6 Å². The van der Waals surface area contributed by atoms with E-state index < -0.39 is 5.63 Å². The van der Waals surface area contributed by atoms with Crippen LogP contribution in [0.1, 0.15) is 0 Å². The van der Waals surface area contributed by atoms with Gasteiger partial charge in [-0.2, -0.15) is 0 Å². The first-order valence-electron chi connectivity index (χ1n) is 6.47. The van der Waals surface area contributed by atoms with Gasteiger partial charge in [0.2, 0.25) is 0 Å². The zero-order valence-electron chi connectivity index (χ0n) is 11.1. The maximum absolute atomic E-state index is 12.2. The number of thiazole rings is 1. The number of rotatable bonds is 2. The molecule has 4 rings (SSSR count). The topological polar surface area (TPSA) is 63.3 Å². The van der Waals surface area contributed by atoms with Gasteiger partial charge in [0.1, 0.15) is 16.3 Å². The van der Waals surface area contributed by atoms with E-state index in [0.29, 0.717) is 16.2 Å². The fraction of sp³-hybridized carbons (Fsp3) is 0. The minimum Gasteiger partial charge on any atom is -0.508 e. The number of benzene rings is 1. The van der Waals surface area contributed by atoms with Gasteiger partial charge in [-0.1, -0.05) is 6.07 Å². The third-order valence-electron chi connectivity index (χ3n) is 3.23. The summed E-state index contributed by atoms with van der Waals surface area (Å²) in [6.45, 7) is 0. The van der Waals surface area contributed by atoms with Gasteiger partial charge in [0.25, 0.3) is 0 Å². The molecule has 0 aliphatic heterocycles. The third kappa shape index (κ3) is 2.22. The Morgan fingerprint density at radius 3 is 2.86 bits per heavy atom. The lowest BCUT2D eigenvalue weighted by atomic mass is 10.2. The van der Waals surface area contributed by atoms with Crippen LogP contribution in [0.4, 0.5) is 0 Å². The maximum Gasteiger partial charge on any atom is 0.346 e. The van der Waals surface area contributed by atoms with Crippen LogP contribution in [0.5, 0.6) is 5.75 Å². The first-order chi connectivity index (χ1) is 10.7. The van der Waals surface area contributed by atoms with Gasteiger partial charge in [0, 0.05) is 16.8 Å². The zero-order valence-corrected chi connectivity index (χ0v) is 12.8. The van der Waals surface area contributed by atoms with Crippen molar-refractivity contribution in [3.63, 3.8) is 0 Å². The average molecular weight is 327 g/mol. The van der Waals surface area contributed by atoms with E-state index in [9.17, 15) is 9.90 Å². The van der Waals surface area contributed by atoms with Crippen LogP contribution in [0.2, 0.25) is 0 Å². The van der Waals surface area contributed by atoms with Crippen molar-refractivity contribution in [1.29, 1.82) is 0 Å². The molecule has 3 heterocycles. The summed E-state index contributed by atoms with van der Waals surface area (Å²) >= 11 is 3.02. The molecule has 1 aromatic carbocycles. The van der Waals surface area contributed by atoms with E-state index in [1.807, 2.05) is 22.9 Å². The molecule has 4 aromatic rings. The molecule has 0 atom stereocenters. The molecule has 22 heavy (non-hydrogen) atoms. The predicted octanol–water partition coefficient (Wildman–Crippen LogP) is 4.35. The van der Waals surface area contributed by atoms with Gasteiger partial charge in [0.05, 0.1) is 16.1 Å². The van der Waals surface area contributed by atoms with E-state index in [2.05, 4.69) is 4.98 Å². The highest BCUT2D eigenvalue weighted by atomic mass is 32.1. The fourth-order valence-corrected chi connectivity index (χ4v) is 3.77. The summed E-state index contributed by atoms with van der Waals surface area (Å²) in [6, 6.07) is 10.4. The second-order valence-corrected chi connectivity index (χ2v) is 6.49. The summed E-state index contributed by atoms with van der Waals surface area (Å²) in [5.41, 5.74) is 1.21. The number of nitrogens with zero attached hydrogens (tertiary/aromatic N) is 1. The largest absolute Gasteiger partial charge is 0.508 e. The van der Waals surface area contributed by atoms with Crippen molar-refractivity contribution < 1.29 is 9.52 Å². The highest BCUT2D eigenvalue weighted by molar-refractivity contribution is 7.15.